The molecule has 2 rings (SSSR count). The number of ether oxygens (including phenoxy) is 1. The monoisotopic (exact) mass is 366 g/mol. The fraction of sp³-hybridized carbons (Fsp3) is 0.222. The summed E-state index contributed by atoms with van der Waals surface area (Å²) in [5.41, 5.74) is -0.305. The van der Waals surface area contributed by atoms with E-state index in [9.17, 15) is 22.8 Å². The Hall–Kier alpha value is -3.03. The van der Waals surface area contributed by atoms with Crippen LogP contribution in [0.5, 0.6) is 5.75 Å². The minimum absolute atomic E-state index is 0.0254. The number of carbonyl (C=O) groups excluding carboxylic acids is 2. The van der Waals surface area contributed by atoms with Crippen LogP contribution >= 0.6 is 0 Å². The molecule has 26 heavy (non-hydrogen) atoms. The van der Waals surface area contributed by atoms with Gasteiger partial charge in [-0.25, -0.2) is 0 Å². The van der Waals surface area contributed by atoms with Gasteiger partial charge in [0.2, 0.25) is 5.91 Å². The van der Waals surface area contributed by atoms with Crippen LogP contribution in [0.2, 0.25) is 0 Å². The van der Waals surface area contributed by atoms with Crippen LogP contribution in [-0.2, 0) is 15.8 Å². The standard InChI is InChI=1S/C18H17F3N2O3/c1-2-16(24)22-14-7-4-8-15(10-14)26-11-17(25)23-13-6-3-5-12(9-13)18(19,20)21/h3-10H,2,11H2,1H3,(H,22,24)(H,23,25). The number of benzene rings is 2. The second kappa shape index (κ2) is 8.37. The Labute approximate surface area is 148 Å². The highest BCUT2D eigenvalue weighted by Gasteiger charge is 2.30. The maximum Gasteiger partial charge on any atom is 0.416 e. The molecular formula is C18H17F3N2O3. The Kier molecular flexibility index (Phi) is 6.21. The summed E-state index contributed by atoms with van der Waals surface area (Å²) in [7, 11) is 0. The Bertz CT molecular complexity index is 791. The normalized spacial score (nSPS) is 10.9. The van der Waals surface area contributed by atoms with Crippen LogP contribution in [0.3, 0.4) is 0 Å². The van der Waals surface area contributed by atoms with Gasteiger partial charge in [-0.3, -0.25) is 9.59 Å². The van der Waals surface area contributed by atoms with Gasteiger partial charge in [-0.05, 0) is 30.3 Å². The quantitative estimate of drug-likeness (QED) is 0.810. The van der Waals surface area contributed by atoms with Crippen molar-refractivity contribution in [1.82, 2.24) is 0 Å². The third kappa shape index (κ3) is 5.80. The number of carbonyl (C=O) groups is 2. The summed E-state index contributed by atoms with van der Waals surface area (Å²) in [6.07, 6.45) is -4.16. The van der Waals surface area contributed by atoms with Gasteiger partial charge in [-0.1, -0.05) is 19.1 Å². The Morgan fingerprint density at radius 1 is 0.962 bits per heavy atom. The molecule has 0 heterocycles. The third-order valence-corrected chi connectivity index (χ3v) is 3.28. The van der Waals surface area contributed by atoms with Crippen molar-refractivity contribution in [3.05, 3.63) is 54.1 Å². The summed E-state index contributed by atoms with van der Waals surface area (Å²) in [6.45, 7) is 1.33. The number of anilines is 2. The van der Waals surface area contributed by atoms with Crippen molar-refractivity contribution in [2.24, 2.45) is 0 Å². The number of hydrogen-bond donors (Lipinski definition) is 2. The molecule has 2 amide bonds. The second-order valence-corrected chi connectivity index (χ2v) is 5.34. The summed E-state index contributed by atoms with van der Waals surface area (Å²) in [6, 6.07) is 10.8. The molecule has 5 nitrogen and oxygen atoms in total. The molecule has 0 radical (unpaired) electrons. The Morgan fingerprint density at radius 3 is 2.23 bits per heavy atom. The average Bonchev–Trinajstić information content (AvgIpc) is 2.60. The zero-order valence-corrected chi connectivity index (χ0v) is 13.9. The van der Waals surface area contributed by atoms with Crippen molar-refractivity contribution >= 4 is 23.2 Å². The molecule has 0 spiro atoms. The van der Waals surface area contributed by atoms with Crippen LogP contribution in [0.4, 0.5) is 24.5 Å². The summed E-state index contributed by atoms with van der Waals surface area (Å²) in [5, 5.41) is 5.00. The van der Waals surface area contributed by atoms with Crippen LogP contribution in [0.25, 0.3) is 0 Å². The largest absolute Gasteiger partial charge is 0.484 e. The number of rotatable bonds is 6. The molecule has 2 N–H and O–H groups in total. The van der Waals surface area contributed by atoms with E-state index < -0.39 is 17.6 Å². The van der Waals surface area contributed by atoms with Crippen molar-refractivity contribution in [1.29, 1.82) is 0 Å². The molecule has 0 aliphatic rings. The van der Waals surface area contributed by atoms with Crippen LogP contribution < -0.4 is 15.4 Å². The lowest BCUT2D eigenvalue weighted by Crippen LogP contribution is -2.20. The van der Waals surface area contributed by atoms with E-state index in [1.807, 2.05) is 0 Å². The number of alkyl halides is 3. The third-order valence-electron chi connectivity index (χ3n) is 3.28. The number of halogens is 3. The molecular weight excluding hydrogens is 349 g/mol. The molecule has 8 heteroatoms. The van der Waals surface area contributed by atoms with E-state index in [0.29, 0.717) is 17.9 Å². The van der Waals surface area contributed by atoms with Crippen LogP contribution in [0.1, 0.15) is 18.9 Å². The number of amides is 2. The molecule has 0 aromatic heterocycles. The van der Waals surface area contributed by atoms with Gasteiger partial charge >= 0.3 is 6.18 Å². The van der Waals surface area contributed by atoms with Gasteiger partial charge in [0.05, 0.1) is 5.56 Å². The molecule has 0 bridgehead atoms. The molecule has 0 atom stereocenters. The first-order valence-corrected chi connectivity index (χ1v) is 7.77. The van der Waals surface area contributed by atoms with Crippen LogP contribution in [0, 0.1) is 0 Å². The van der Waals surface area contributed by atoms with Gasteiger partial charge in [0.15, 0.2) is 6.61 Å². The number of hydrogen-bond acceptors (Lipinski definition) is 3. The molecule has 0 saturated heterocycles. The predicted octanol–water partition coefficient (Wildman–Crippen LogP) is 4.07. The second-order valence-electron chi connectivity index (χ2n) is 5.34. The average molecular weight is 366 g/mol. The molecule has 0 saturated carbocycles. The first-order chi connectivity index (χ1) is 12.3. The highest BCUT2D eigenvalue weighted by molar-refractivity contribution is 5.92. The molecule has 2 aromatic carbocycles. The first kappa shape index (κ1) is 19.3. The van der Waals surface area contributed by atoms with E-state index in [0.717, 1.165) is 12.1 Å². The van der Waals surface area contributed by atoms with E-state index in [1.54, 1.807) is 31.2 Å². The lowest BCUT2D eigenvalue weighted by atomic mass is 10.2. The minimum Gasteiger partial charge on any atom is -0.484 e. The zero-order valence-electron chi connectivity index (χ0n) is 13.9. The predicted molar refractivity (Wildman–Crippen MR) is 90.9 cm³/mol. The highest BCUT2D eigenvalue weighted by Crippen LogP contribution is 2.30. The topological polar surface area (TPSA) is 67.4 Å². The van der Waals surface area contributed by atoms with E-state index in [1.165, 1.54) is 12.1 Å². The molecule has 0 aliphatic carbocycles. The van der Waals surface area contributed by atoms with Gasteiger partial charge in [-0.2, -0.15) is 13.2 Å². The summed E-state index contributed by atoms with van der Waals surface area (Å²) >= 11 is 0. The lowest BCUT2D eigenvalue weighted by Gasteiger charge is -2.11. The van der Waals surface area contributed by atoms with E-state index >= 15 is 0 Å². The minimum atomic E-state index is -4.49. The van der Waals surface area contributed by atoms with Crippen molar-refractivity contribution in [3.8, 4) is 5.75 Å². The maximum atomic E-state index is 12.7. The van der Waals surface area contributed by atoms with Gasteiger partial charge in [0, 0.05) is 23.9 Å². The Morgan fingerprint density at radius 2 is 1.58 bits per heavy atom. The first-order valence-electron chi connectivity index (χ1n) is 7.77. The van der Waals surface area contributed by atoms with Crippen LogP contribution in [-0.4, -0.2) is 18.4 Å². The van der Waals surface area contributed by atoms with Crippen molar-refractivity contribution in [2.45, 2.75) is 19.5 Å². The van der Waals surface area contributed by atoms with E-state index in [4.69, 9.17) is 4.74 Å². The van der Waals surface area contributed by atoms with Gasteiger partial charge < -0.3 is 15.4 Å². The van der Waals surface area contributed by atoms with Crippen LogP contribution in [0.15, 0.2) is 48.5 Å². The van der Waals surface area contributed by atoms with Gasteiger partial charge in [0.1, 0.15) is 5.75 Å². The zero-order chi connectivity index (χ0) is 19.2. The lowest BCUT2D eigenvalue weighted by molar-refractivity contribution is -0.137. The van der Waals surface area contributed by atoms with E-state index in [-0.39, 0.29) is 18.2 Å². The molecule has 0 fully saturated rings. The van der Waals surface area contributed by atoms with Gasteiger partial charge in [0.25, 0.3) is 5.91 Å². The summed E-state index contributed by atoms with van der Waals surface area (Å²) < 4.78 is 43.3. The molecule has 0 unspecified atom stereocenters. The maximum absolute atomic E-state index is 12.7. The molecule has 0 aliphatic heterocycles. The fourth-order valence-electron chi connectivity index (χ4n) is 2.03. The smallest absolute Gasteiger partial charge is 0.416 e. The SMILES string of the molecule is CCC(=O)Nc1cccc(OCC(=O)Nc2cccc(C(F)(F)F)c2)c1. The fourth-order valence-corrected chi connectivity index (χ4v) is 2.03. The molecule has 138 valence electrons. The number of nitrogens with one attached hydrogen (secondary N) is 2. The van der Waals surface area contributed by atoms with Gasteiger partial charge in [-0.15, -0.1) is 0 Å². The van der Waals surface area contributed by atoms with Crippen molar-refractivity contribution in [2.75, 3.05) is 17.2 Å². The van der Waals surface area contributed by atoms with Crippen molar-refractivity contribution < 1.29 is 27.5 Å². The van der Waals surface area contributed by atoms with Crippen molar-refractivity contribution in [3.63, 3.8) is 0 Å². The Balaban J connectivity index is 1.93. The van der Waals surface area contributed by atoms with E-state index in [2.05, 4.69) is 10.6 Å². The highest BCUT2D eigenvalue weighted by atomic mass is 19.4. The summed E-state index contributed by atoms with van der Waals surface area (Å²) in [5.74, 6) is -0.421. The molecule has 2 aromatic rings. The summed E-state index contributed by atoms with van der Waals surface area (Å²) in [4.78, 5) is 23.2.